The van der Waals surface area contributed by atoms with Crippen molar-refractivity contribution in [1.82, 2.24) is 9.80 Å². The van der Waals surface area contributed by atoms with Crippen molar-refractivity contribution in [3.8, 4) is 0 Å². The van der Waals surface area contributed by atoms with Crippen LogP contribution in [0.25, 0.3) is 0 Å². The third-order valence-corrected chi connectivity index (χ3v) is 4.37. The molecule has 0 unspecified atom stereocenters. The van der Waals surface area contributed by atoms with Crippen molar-refractivity contribution < 1.29 is 13.2 Å². The fourth-order valence-corrected chi connectivity index (χ4v) is 3.56. The Balaban J connectivity index is 2.73. The van der Waals surface area contributed by atoms with Gasteiger partial charge < -0.3 is 9.80 Å². The molecule has 6 heteroatoms. The third kappa shape index (κ3) is 2.84. The van der Waals surface area contributed by atoms with Crippen LogP contribution in [0, 0.1) is 0 Å². The Morgan fingerprint density at radius 3 is 2.33 bits per heavy atom. The Hall–Kier alpha value is -0.780. The molecule has 1 aliphatic rings. The van der Waals surface area contributed by atoms with Gasteiger partial charge in [0.2, 0.25) is 0 Å². The molecule has 0 bridgehead atoms. The van der Waals surface area contributed by atoms with Crippen molar-refractivity contribution in [3.05, 3.63) is 0 Å². The van der Waals surface area contributed by atoms with E-state index in [2.05, 4.69) is 0 Å². The number of nitrogens with zero attached hydrogens (tertiary/aromatic N) is 2. The molecule has 5 nitrogen and oxygen atoms in total. The monoisotopic (exact) mass is 234 g/mol. The maximum atomic E-state index is 11.7. The Bertz CT molecular complexity index is 337. The van der Waals surface area contributed by atoms with Crippen molar-refractivity contribution >= 4 is 15.9 Å². The molecule has 0 aromatic heterocycles. The van der Waals surface area contributed by atoms with Gasteiger partial charge in [-0.2, -0.15) is 0 Å². The number of sulfone groups is 1. The van der Waals surface area contributed by atoms with Crippen LogP contribution < -0.4 is 0 Å². The summed E-state index contributed by atoms with van der Waals surface area (Å²) in [4.78, 5) is 14.8. The van der Waals surface area contributed by atoms with Gasteiger partial charge >= 0.3 is 6.03 Å². The smallest absolute Gasteiger partial charge is 0.319 e. The van der Waals surface area contributed by atoms with Gasteiger partial charge in [0.25, 0.3) is 0 Å². The molecular weight excluding hydrogens is 216 g/mol. The second kappa shape index (κ2) is 4.38. The lowest BCUT2D eigenvalue weighted by Gasteiger charge is -2.29. The van der Waals surface area contributed by atoms with E-state index in [1.54, 1.807) is 19.0 Å². The molecule has 0 radical (unpaired) electrons. The molecule has 15 heavy (non-hydrogen) atoms. The van der Waals surface area contributed by atoms with E-state index in [-0.39, 0.29) is 23.6 Å². The van der Waals surface area contributed by atoms with Crippen LogP contribution in [0.5, 0.6) is 0 Å². The van der Waals surface area contributed by atoms with E-state index < -0.39 is 9.84 Å². The Labute approximate surface area is 91.0 Å². The molecule has 88 valence electrons. The number of hydrogen-bond acceptors (Lipinski definition) is 3. The first-order valence-electron chi connectivity index (χ1n) is 5.05. The highest BCUT2D eigenvalue weighted by atomic mass is 32.2. The number of urea groups is 1. The predicted octanol–water partition coefficient (Wildman–Crippen LogP) is 0.177. The summed E-state index contributed by atoms with van der Waals surface area (Å²) in [6.45, 7) is 2.42. The van der Waals surface area contributed by atoms with Crippen LogP contribution in [0.4, 0.5) is 4.79 Å². The molecular formula is C9H18N2O3S. The maximum Gasteiger partial charge on any atom is 0.319 e. The van der Waals surface area contributed by atoms with Gasteiger partial charge in [-0.3, -0.25) is 0 Å². The maximum absolute atomic E-state index is 11.7. The number of carbonyl (C=O) groups excluding carboxylic acids is 1. The summed E-state index contributed by atoms with van der Waals surface area (Å²) in [5, 5.41) is 0. The standard InChI is InChI=1S/C9H18N2O3S/c1-4-11(9(12)10(2)3)8-5-6-15(13,14)7-8/h8H,4-7H2,1-3H3/t8-/m1/s1. The number of carbonyl (C=O) groups is 1. The lowest BCUT2D eigenvalue weighted by molar-refractivity contribution is 0.157. The van der Waals surface area contributed by atoms with E-state index in [0.29, 0.717) is 13.0 Å². The topological polar surface area (TPSA) is 57.7 Å². The highest BCUT2D eigenvalue weighted by Crippen LogP contribution is 2.18. The molecule has 1 heterocycles. The van der Waals surface area contributed by atoms with E-state index in [0.717, 1.165) is 0 Å². The minimum absolute atomic E-state index is 0.111. The number of rotatable bonds is 2. The quantitative estimate of drug-likeness (QED) is 0.684. The molecule has 1 rings (SSSR count). The molecule has 1 atom stereocenters. The lowest BCUT2D eigenvalue weighted by atomic mass is 10.2. The second-order valence-corrected chi connectivity index (χ2v) is 6.25. The van der Waals surface area contributed by atoms with Gasteiger partial charge in [-0.15, -0.1) is 0 Å². The van der Waals surface area contributed by atoms with Gasteiger partial charge in [0, 0.05) is 26.7 Å². The van der Waals surface area contributed by atoms with Crippen molar-refractivity contribution in [3.63, 3.8) is 0 Å². The van der Waals surface area contributed by atoms with Crippen LogP contribution in [-0.4, -0.2) is 62.4 Å². The highest BCUT2D eigenvalue weighted by molar-refractivity contribution is 7.91. The zero-order chi connectivity index (χ0) is 11.6. The van der Waals surface area contributed by atoms with Crippen molar-refractivity contribution in [1.29, 1.82) is 0 Å². The van der Waals surface area contributed by atoms with Crippen molar-refractivity contribution in [2.75, 3.05) is 32.1 Å². The summed E-state index contributed by atoms with van der Waals surface area (Å²) in [5.41, 5.74) is 0. The number of hydrogen-bond donors (Lipinski definition) is 0. The summed E-state index contributed by atoms with van der Waals surface area (Å²) < 4.78 is 22.6. The lowest BCUT2D eigenvalue weighted by Crippen LogP contribution is -2.46. The van der Waals surface area contributed by atoms with Crippen LogP contribution in [0.3, 0.4) is 0 Å². The van der Waals surface area contributed by atoms with E-state index in [1.807, 2.05) is 6.92 Å². The second-order valence-electron chi connectivity index (χ2n) is 4.02. The molecule has 0 N–H and O–H groups in total. The SMILES string of the molecule is CCN(C(=O)N(C)C)[C@@H]1CCS(=O)(=O)C1. The Morgan fingerprint density at radius 2 is 2.00 bits per heavy atom. The van der Waals surface area contributed by atoms with Crippen molar-refractivity contribution in [2.24, 2.45) is 0 Å². The van der Waals surface area contributed by atoms with Gasteiger partial charge in [-0.1, -0.05) is 0 Å². The zero-order valence-electron chi connectivity index (χ0n) is 9.43. The van der Waals surface area contributed by atoms with E-state index in [1.165, 1.54) is 4.90 Å². The molecule has 0 aromatic rings. The molecule has 0 aliphatic carbocycles. The van der Waals surface area contributed by atoms with E-state index in [9.17, 15) is 13.2 Å². The molecule has 1 fully saturated rings. The fourth-order valence-electron chi connectivity index (χ4n) is 1.83. The van der Waals surface area contributed by atoms with Crippen LogP contribution in [0.15, 0.2) is 0 Å². The first-order chi connectivity index (χ1) is 6.87. The van der Waals surface area contributed by atoms with Gasteiger partial charge in [0.15, 0.2) is 9.84 Å². The summed E-state index contributed by atoms with van der Waals surface area (Å²) in [5.74, 6) is 0.315. The molecule has 0 saturated carbocycles. The largest absolute Gasteiger partial charge is 0.331 e. The van der Waals surface area contributed by atoms with Gasteiger partial charge in [-0.25, -0.2) is 13.2 Å². The van der Waals surface area contributed by atoms with Crippen LogP contribution in [-0.2, 0) is 9.84 Å². The van der Waals surface area contributed by atoms with E-state index in [4.69, 9.17) is 0 Å². The number of amides is 2. The summed E-state index contributed by atoms with van der Waals surface area (Å²) in [6.07, 6.45) is 0.565. The predicted molar refractivity (Wildman–Crippen MR) is 58.5 cm³/mol. The minimum Gasteiger partial charge on any atom is -0.331 e. The van der Waals surface area contributed by atoms with Crippen LogP contribution >= 0.6 is 0 Å². The average Bonchev–Trinajstić information content (AvgIpc) is 2.47. The van der Waals surface area contributed by atoms with E-state index >= 15 is 0 Å². The average molecular weight is 234 g/mol. The normalized spacial score (nSPS) is 23.8. The summed E-state index contributed by atoms with van der Waals surface area (Å²) in [6, 6.07) is -0.255. The van der Waals surface area contributed by atoms with Gasteiger partial charge in [-0.05, 0) is 13.3 Å². The first kappa shape index (κ1) is 12.3. The molecule has 2 amide bonds. The first-order valence-corrected chi connectivity index (χ1v) is 6.88. The highest BCUT2D eigenvalue weighted by Gasteiger charge is 2.34. The Morgan fingerprint density at radius 1 is 1.40 bits per heavy atom. The molecule has 0 spiro atoms. The summed E-state index contributed by atoms with van der Waals surface area (Å²) in [7, 11) is 0.428. The van der Waals surface area contributed by atoms with Gasteiger partial charge in [0.05, 0.1) is 11.5 Å². The fraction of sp³-hybridized carbons (Fsp3) is 0.889. The van der Waals surface area contributed by atoms with Gasteiger partial charge in [0.1, 0.15) is 0 Å². The third-order valence-electron chi connectivity index (χ3n) is 2.62. The van der Waals surface area contributed by atoms with Crippen LogP contribution in [0.1, 0.15) is 13.3 Å². The van der Waals surface area contributed by atoms with Crippen molar-refractivity contribution in [2.45, 2.75) is 19.4 Å². The molecule has 1 saturated heterocycles. The Kier molecular flexibility index (Phi) is 3.59. The molecule has 1 aliphatic heterocycles. The zero-order valence-corrected chi connectivity index (χ0v) is 10.2. The molecule has 0 aromatic carbocycles. The summed E-state index contributed by atoms with van der Waals surface area (Å²) >= 11 is 0. The van der Waals surface area contributed by atoms with Crippen LogP contribution in [0.2, 0.25) is 0 Å². The minimum atomic E-state index is -2.92.